The van der Waals surface area contributed by atoms with E-state index in [2.05, 4.69) is 21.8 Å². The van der Waals surface area contributed by atoms with Crippen LogP contribution in [0.5, 0.6) is 0 Å². The van der Waals surface area contributed by atoms with Crippen LogP contribution in [0.4, 0.5) is 0 Å². The first-order valence-electron chi connectivity index (χ1n) is 8.77. The maximum absolute atomic E-state index is 12.4. The Hall–Kier alpha value is -3.13. The van der Waals surface area contributed by atoms with E-state index in [4.69, 9.17) is 4.42 Å². The minimum Gasteiger partial charge on any atom is -0.469 e. The van der Waals surface area contributed by atoms with Crippen LogP contribution in [0.3, 0.4) is 0 Å². The Morgan fingerprint density at radius 1 is 1.25 bits per heavy atom. The molecule has 0 radical (unpaired) electrons. The number of pyridine rings is 1. The van der Waals surface area contributed by atoms with Crippen molar-refractivity contribution in [3.63, 3.8) is 0 Å². The standard InChI is InChI=1S/C20H19N5O2S/c1-4-8-24-19(16-7-9-27-14(16)3)22-23-20(24)28-12-15-10-18(26)25-11-13(2)5-6-17(25)21-15/h4-7,9-11H,1,8,12H2,2-3H3. The predicted molar refractivity (Wildman–Crippen MR) is 108 cm³/mol. The molecule has 0 saturated heterocycles. The molecule has 142 valence electrons. The number of fused-ring (bicyclic) bond motifs is 1. The molecule has 8 heteroatoms. The SMILES string of the molecule is C=CCn1c(SCc2cc(=O)n3cc(C)ccc3n2)nnc1-c1ccoc1C. The first-order chi connectivity index (χ1) is 13.6. The molecule has 0 aliphatic rings. The lowest BCUT2D eigenvalue weighted by Crippen LogP contribution is -2.15. The molecule has 0 amide bonds. The molecule has 4 aromatic heterocycles. The van der Waals surface area contributed by atoms with Gasteiger partial charge in [0.2, 0.25) is 0 Å². The van der Waals surface area contributed by atoms with Gasteiger partial charge < -0.3 is 4.42 Å². The fourth-order valence-corrected chi connectivity index (χ4v) is 3.82. The summed E-state index contributed by atoms with van der Waals surface area (Å²) in [6.45, 7) is 8.24. The quantitative estimate of drug-likeness (QED) is 0.368. The van der Waals surface area contributed by atoms with Crippen molar-refractivity contribution in [3.8, 4) is 11.4 Å². The zero-order valence-corrected chi connectivity index (χ0v) is 16.4. The highest BCUT2D eigenvalue weighted by Crippen LogP contribution is 2.28. The van der Waals surface area contributed by atoms with Crippen molar-refractivity contribution >= 4 is 17.4 Å². The molecule has 0 N–H and O–H groups in total. The van der Waals surface area contributed by atoms with Crippen molar-refractivity contribution in [2.75, 3.05) is 0 Å². The highest BCUT2D eigenvalue weighted by molar-refractivity contribution is 7.98. The second kappa shape index (κ2) is 7.47. The number of nitrogens with zero attached hydrogens (tertiary/aromatic N) is 5. The Morgan fingerprint density at radius 2 is 2.11 bits per heavy atom. The van der Waals surface area contributed by atoms with Crippen molar-refractivity contribution in [2.45, 2.75) is 31.3 Å². The third-order valence-electron chi connectivity index (χ3n) is 4.34. The summed E-state index contributed by atoms with van der Waals surface area (Å²) in [4.78, 5) is 17.0. The zero-order valence-electron chi connectivity index (χ0n) is 15.6. The minimum absolute atomic E-state index is 0.0911. The maximum Gasteiger partial charge on any atom is 0.258 e. The van der Waals surface area contributed by atoms with Crippen LogP contribution in [0.2, 0.25) is 0 Å². The first kappa shape index (κ1) is 18.2. The van der Waals surface area contributed by atoms with Crippen molar-refractivity contribution < 1.29 is 4.42 Å². The second-order valence-electron chi connectivity index (χ2n) is 6.40. The van der Waals surface area contributed by atoms with Crippen molar-refractivity contribution in [3.05, 3.63) is 76.8 Å². The Balaban J connectivity index is 1.63. The minimum atomic E-state index is -0.0911. The predicted octanol–water partition coefficient (Wildman–Crippen LogP) is 3.64. The van der Waals surface area contributed by atoms with Crippen LogP contribution in [0.1, 0.15) is 17.0 Å². The number of aromatic nitrogens is 5. The molecule has 0 bridgehead atoms. The Bertz CT molecular complexity index is 1220. The summed E-state index contributed by atoms with van der Waals surface area (Å²) in [5.74, 6) is 2.03. The molecule has 4 aromatic rings. The number of allylic oxidation sites excluding steroid dienone is 1. The number of hydrogen-bond donors (Lipinski definition) is 0. The number of furan rings is 1. The Kier molecular flexibility index (Phi) is 4.87. The number of aryl methyl sites for hydroxylation is 2. The summed E-state index contributed by atoms with van der Waals surface area (Å²) in [7, 11) is 0. The normalized spacial score (nSPS) is 11.2. The molecule has 0 saturated carbocycles. The summed E-state index contributed by atoms with van der Waals surface area (Å²) in [5, 5.41) is 9.38. The van der Waals surface area contributed by atoms with Gasteiger partial charge in [0.05, 0.1) is 17.5 Å². The molecule has 0 fully saturated rings. The van der Waals surface area contributed by atoms with Crippen LogP contribution in [-0.2, 0) is 12.3 Å². The van der Waals surface area contributed by atoms with E-state index in [0.29, 0.717) is 23.6 Å². The average Bonchev–Trinajstić information content (AvgIpc) is 3.27. The van der Waals surface area contributed by atoms with Crippen LogP contribution in [0.25, 0.3) is 17.0 Å². The van der Waals surface area contributed by atoms with E-state index in [1.54, 1.807) is 29.0 Å². The highest BCUT2D eigenvalue weighted by atomic mass is 32.2. The fourth-order valence-electron chi connectivity index (χ4n) is 2.98. The molecule has 0 aliphatic carbocycles. The highest BCUT2D eigenvalue weighted by Gasteiger charge is 2.17. The molecule has 0 spiro atoms. The smallest absolute Gasteiger partial charge is 0.258 e. The van der Waals surface area contributed by atoms with Gasteiger partial charge in [0.25, 0.3) is 5.56 Å². The molecule has 4 rings (SSSR count). The topological polar surface area (TPSA) is 78.2 Å². The molecule has 0 aromatic carbocycles. The summed E-state index contributed by atoms with van der Waals surface area (Å²) >= 11 is 1.48. The monoisotopic (exact) mass is 393 g/mol. The molecule has 0 atom stereocenters. The van der Waals surface area contributed by atoms with Gasteiger partial charge in [-0.15, -0.1) is 16.8 Å². The van der Waals surface area contributed by atoms with Crippen molar-refractivity contribution in [2.24, 2.45) is 0 Å². The van der Waals surface area contributed by atoms with Gasteiger partial charge in [0.15, 0.2) is 11.0 Å². The second-order valence-corrected chi connectivity index (χ2v) is 7.35. The van der Waals surface area contributed by atoms with Gasteiger partial charge in [0.1, 0.15) is 11.4 Å². The molecule has 0 unspecified atom stereocenters. The van der Waals surface area contributed by atoms with Crippen LogP contribution in [0.15, 0.2) is 63.7 Å². The molecular formula is C20H19N5O2S. The lowest BCUT2D eigenvalue weighted by atomic mass is 10.2. The molecule has 28 heavy (non-hydrogen) atoms. The lowest BCUT2D eigenvalue weighted by Gasteiger charge is -2.08. The van der Waals surface area contributed by atoms with E-state index < -0.39 is 0 Å². The Morgan fingerprint density at radius 3 is 2.86 bits per heavy atom. The van der Waals surface area contributed by atoms with E-state index in [0.717, 1.165) is 27.9 Å². The molecular weight excluding hydrogens is 374 g/mol. The summed E-state index contributed by atoms with van der Waals surface area (Å²) < 4.78 is 8.93. The zero-order chi connectivity index (χ0) is 19.7. The van der Waals surface area contributed by atoms with E-state index in [-0.39, 0.29) is 5.56 Å². The third kappa shape index (κ3) is 3.38. The lowest BCUT2D eigenvalue weighted by molar-refractivity contribution is 0.534. The van der Waals surface area contributed by atoms with Crippen LogP contribution in [0, 0.1) is 13.8 Å². The van der Waals surface area contributed by atoms with E-state index in [9.17, 15) is 4.79 Å². The fraction of sp³-hybridized carbons (Fsp3) is 0.200. The summed E-state index contributed by atoms with van der Waals surface area (Å²) in [5.41, 5.74) is 3.16. The van der Waals surface area contributed by atoms with Gasteiger partial charge in [-0.25, -0.2) is 4.98 Å². The van der Waals surface area contributed by atoms with Crippen LogP contribution >= 0.6 is 11.8 Å². The Labute approximate surface area is 165 Å². The van der Waals surface area contributed by atoms with Crippen LogP contribution < -0.4 is 5.56 Å². The summed E-state index contributed by atoms with van der Waals surface area (Å²) in [6, 6.07) is 7.24. The van der Waals surface area contributed by atoms with Gasteiger partial charge in [0, 0.05) is 24.6 Å². The number of thioether (sulfide) groups is 1. The van der Waals surface area contributed by atoms with Gasteiger partial charge in [-0.3, -0.25) is 13.8 Å². The van der Waals surface area contributed by atoms with Crippen molar-refractivity contribution in [1.29, 1.82) is 0 Å². The van der Waals surface area contributed by atoms with E-state index in [1.165, 1.54) is 11.8 Å². The number of rotatable bonds is 6. The largest absolute Gasteiger partial charge is 0.469 e. The van der Waals surface area contributed by atoms with Gasteiger partial charge in [-0.2, -0.15) is 0 Å². The maximum atomic E-state index is 12.4. The summed E-state index contributed by atoms with van der Waals surface area (Å²) in [6.07, 6.45) is 5.23. The van der Waals surface area contributed by atoms with Gasteiger partial charge in [-0.1, -0.05) is 23.9 Å². The first-order valence-corrected chi connectivity index (χ1v) is 9.75. The van der Waals surface area contributed by atoms with E-state index >= 15 is 0 Å². The van der Waals surface area contributed by atoms with E-state index in [1.807, 2.05) is 36.6 Å². The van der Waals surface area contributed by atoms with Gasteiger partial charge in [-0.05, 0) is 31.5 Å². The average molecular weight is 393 g/mol. The number of hydrogen-bond acceptors (Lipinski definition) is 6. The van der Waals surface area contributed by atoms with Crippen molar-refractivity contribution in [1.82, 2.24) is 24.1 Å². The molecule has 0 aliphatic heterocycles. The molecule has 7 nitrogen and oxygen atoms in total. The van der Waals surface area contributed by atoms with Crippen LogP contribution in [-0.4, -0.2) is 24.1 Å². The van der Waals surface area contributed by atoms with Gasteiger partial charge >= 0.3 is 0 Å². The molecule has 4 heterocycles. The third-order valence-corrected chi connectivity index (χ3v) is 5.34.